The van der Waals surface area contributed by atoms with E-state index in [9.17, 15) is 4.79 Å². The number of aryl methyl sites for hydroxylation is 3. The average molecular weight is 354 g/mol. The normalized spacial score (nSPS) is 11.8. The molecular formula is C24H18OS. The molecule has 1 nitrogen and oxygen atoms in total. The highest BCUT2D eigenvalue weighted by atomic mass is 32.1. The van der Waals surface area contributed by atoms with Crippen LogP contribution in [-0.4, -0.2) is 0 Å². The number of hydrogen-bond acceptors (Lipinski definition) is 2. The summed E-state index contributed by atoms with van der Waals surface area (Å²) in [5.74, 6) is 0. The molecule has 0 aliphatic heterocycles. The Balaban J connectivity index is 1.93. The largest absolute Gasteiger partial charge is 0.289 e. The van der Waals surface area contributed by atoms with Crippen LogP contribution in [0.25, 0.3) is 41.7 Å². The summed E-state index contributed by atoms with van der Waals surface area (Å²) in [4.78, 5) is 13.1. The van der Waals surface area contributed by atoms with Crippen LogP contribution in [0.2, 0.25) is 0 Å². The lowest BCUT2D eigenvalue weighted by atomic mass is 9.98. The highest BCUT2D eigenvalue weighted by molar-refractivity contribution is 7.24. The van der Waals surface area contributed by atoms with Gasteiger partial charge in [0.05, 0.1) is 0 Å². The van der Waals surface area contributed by atoms with Crippen molar-refractivity contribution in [2.24, 2.45) is 0 Å². The lowest BCUT2D eigenvalue weighted by Gasteiger charge is -2.08. The van der Waals surface area contributed by atoms with Gasteiger partial charge in [-0.1, -0.05) is 23.8 Å². The summed E-state index contributed by atoms with van der Waals surface area (Å²) in [6.45, 7) is 6.33. The first-order chi connectivity index (χ1) is 12.5. The molecule has 0 unspecified atom stereocenters. The summed E-state index contributed by atoms with van der Waals surface area (Å²) in [5, 5.41) is 6.45. The fourth-order valence-corrected chi connectivity index (χ4v) is 4.83. The summed E-state index contributed by atoms with van der Waals surface area (Å²) >= 11 is 1.70. The molecule has 0 fully saturated rings. The maximum absolute atomic E-state index is 13.1. The minimum atomic E-state index is 0.138. The van der Waals surface area contributed by atoms with Crippen LogP contribution in [0.15, 0.2) is 59.4 Å². The molecule has 5 aromatic rings. The summed E-state index contributed by atoms with van der Waals surface area (Å²) in [6.07, 6.45) is 0. The van der Waals surface area contributed by atoms with Crippen LogP contribution in [0.1, 0.15) is 16.7 Å². The molecule has 0 saturated heterocycles. The van der Waals surface area contributed by atoms with Gasteiger partial charge < -0.3 is 0 Å². The molecule has 0 aliphatic carbocycles. The van der Waals surface area contributed by atoms with Crippen molar-refractivity contribution < 1.29 is 0 Å². The zero-order valence-electron chi connectivity index (χ0n) is 15.0. The molecule has 0 aliphatic rings. The second-order valence-electron chi connectivity index (χ2n) is 7.26. The van der Waals surface area contributed by atoms with Crippen LogP contribution in [-0.2, 0) is 0 Å². The van der Waals surface area contributed by atoms with Gasteiger partial charge in [-0.15, -0.1) is 11.3 Å². The van der Waals surface area contributed by atoms with E-state index in [1.807, 2.05) is 13.0 Å². The molecule has 0 bridgehead atoms. The van der Waals surface area contributed by atoms with Gasteiger partial charge >= 0.3 is 0 Å². The molecule has 0 atom stereocenters. The first-order valence-electron chi connectivity index (χ1n) is 8.81. The maximum Gasteiger partial charge on any atom is 0.195 e. The van der Waals surface area contributed by atoms with Gasteiger partial charge in [0.1, 0.15) is 0 Å². The quantitative estimate of drug-likeness (QED) is 0.285. The Bertz CT molecular complexity index is 1420. The SMILES string of the molecule is Cc1ccc2sc3cc4cc5cc(C)c(C)cc5cc4cc3c(=O)c2c1. The van der Waals surface area contributed by atoms with Crippen molar-refractivity contribution in [1.29, 1.82) is 0 Å². The van der Waals surface area contributed by atoms with Crippen molar-refractivity contribution >= 4 is 53.1 Å². The summed E-state index contributed by atoms with van der Waals surface area (Å²) in [5.41, 5.74) is 3.87. The van der Waals surface area contributed by atoms with E-state index in [4.69, 9.17) is 0 Å². The third kappa shape index (κ3) is 2.26. The lowest BCUT2D eigenvalue weighted by molar-refractivity contribution is 1.37. The Morgan fingerprint density at radius 3 is 1.88 bits per heavy atom. The molecule has 0 saturated carbocycles. The van der Waals surface area contributed by atoms with Crippen LogP contribution in [0, 0.1) is 20.8 Å². The predicted molar refractivity (Wildman–Crippen MR) is 115 cm³/mol. The van der Waals surface area contributed by atoms with Gasteiger partial charge in [-0.05, 0) is 89.8 Å². The topological polar surface area (TPSA) is 17.1 Å². The Labute approximate surface area is 155 Å². The highest BCUT2D eigenvalue weighted by Gasteiger charge is 2.09. The van der Waals surface area contributed by atoms with Crippen LogP contribution in [0.4, 0.5) is 0 Å². The van der Waals surface area contributed by atoms with Crippen molar-refractivity contribution in [3.05, 3.63) is 81.5 Å². The van der Waals surface area contributed by atoms with E-state index in [1.54, 1.807) is 11.3 Å². The standard InChI is InChI=1S/C24H18OS/c1-13-4-5-22-20(6-13)24(25)21-11-18-9-16-7-14(2)15(3)8-17(16)10-19(18)12-23(21)26-22/h4-12H,1-3H3. The zero-order chi connectivity index (χ0) is 18.0. The Hall–Kier alpha value is -2.71. The molecular weight excluding hydrogens is 336 g/mol. The fourth-order valence-electron chi connectivity index (χ4n) is 3.74. The minimum Gasteiger partial charge on any atom is -0.289 e. The van der Waals surface area contributed by atoms with E-state index in [2.05, 4.69) is 62.4 Å². The Morgan fingerprint density at radius 2 is 1.19 bits per heavy atom. The Morgan fingerprint density at radius 1 is 0.615 bits per heavy atom. The van der Waals surface area contributed by atoms with Gasteiger partial charge in [-0.2, -0.15) is 0 Å². The average Bonchev–Trinajstić information content (AvgIpc) is 2.61. The van der Waals surface area contributed by atoms with Crippen molar-refractivity contribution in [1.82, 2.24) is 0 Å². The van der Waals surface area contributed by atoms with Crippen LogP contribution >= 0.6 is 11.3 Å². The molecule has 126 valence electrons. The maximum atomic E-state index is 13.1. The van der Waals surface area contributed by atoms with Crippen LogP contribution in [0.5, 0.6) is 0 Å². The molecule has 2 heteroatoms. The first-order valence-corrected chi connectivity index (χ1v) is 9.63. The van der Waals surface area contributed by atoms with Crippen LogP contribution in [0.3, 0.4) is 0 Å². The second kappa shape index (κ2) is 5.39. The molecule has 0 spiro atoms. The second-order valence-corrected chi connectivity index (χ2v) is 8.35. The van der Waals surface area contributed by atoms with Crippen molar-refractivity contribution in [2.45, 2.75) is 20.8 Å². The molecule has 1 heterocycles. The zero-order valence-corrected chi connectivity index (χ0v) is 15.8. The van der Waals surface area contributed by atoms with Gasteiger partial charge in [0.2, 0.25) is 0 Å². The smallest absolute Gasteiger partial charge is 0.195 e. The molecule has 0 radical (unpaired) electrons. The van der Waals surface area contributed by atoms with E-state index < -0.39 is 0 Å². The predicted octanol–water partition coefficient (Wildman–Crippen LogP) is 6.65. The monoisotopic (exact) mass is 354 g/mol. The molecule has 0 amide bonds. The molecule has 5 rings (SSSR count). The highest BCUT2D eigenvalue weighted by Crippen LogP contribution is 2.31. The van der Waals surface area contributed by atoms with Crippen molar-refractivity contribution in [3.8, 4) is 0 Å². The summed E-state index contributed by atoms with van der Waals surface area (Å²) < 4.78 is 2.11. The molecule has 1 aromatic heterocycles. The summed E-state index contributed by atoms with van der Waals surface area (Å²) in [6, 6.07) is 19.3. The fraction of sp³-hybridized carbons (Fsp3) is 0.125. The third-order valence-electron chi connectivity index (χ3n) is 5.35. The van der Waals surface area contributed by atoms with Gasteiger partial charge in [0.25, 0.3) is 0 Å². The molecule has 26 heavy (non-hydrogen) atoms. The van der Waals surface area contributed by atoms with E-state index in [-0.39, 0.29) is 5.43 Å². The number of benzene rings is 4. The number of hydrogen-bond donors (Lipinski definition) is 0. The van der Waals surface area contributed by atoms with E-state index in [0.717, 1.165) is 31.1 Å². The van der Waals surface area contributed by atoms with E-state index >= 15 is 0 Å². The van der Waals surface area contributed by atoms with Gasteiger partial charge in [0.15, 0.2) is 5.43 Å². The Kier molecular flexibility index (Phi) is 3.22. The van der Waals surface area contributed by atoms with Gasteiger partial charge in [-0.25, -0.2) is 0 Å². The van der Waals surface area contributed by atoms with E-state index in [0.29, 0.717) is 0 Å². The molecule has 0 N–H and O–H groups in total. The van der Waals surface area contributed by atoms with E-state index in [1.165, 1.54) is 27.3 Å². The minimum absolute atomic E-state index is 0.138. The lowest BCUT2D eigenvalue weighted by Crippen LogP contribution is -2.01. The van der Waals surface area contributed by atoms with Gasteiger partial charge in [-0.3, -0.25) is 4.79 Å². The third-order valence-corrected chi connectivity index (χ3v) is 6.48. The van der Waals surface area contributed by atoms with Crippen molar-refractivity contribution in [2.75, 3.05) is 0 Å². The van der Waals surface area contributed by atoms with Gasteiger partial charge in [0, 0.05) is 20.2 Å². The van der Waals surface area contributed by atoms with Crippen molar-refractivity contribution in [3.63, 3.8) is 0 Å². The first kappa shape index (κ1) is 15.5. The number of rotatable bonds is 0. The molecule has 4 aromatic carbocycles. The summed E-state index contributed by atoms with van der Waals surface area (Å²) in [7, 11) is 0. The number of fused-ring (bicyclic) bond motifs is 4. The van der Waals surface area contributed by atoms with Crippen LogP contribution < -0.4 is 5.43 Å².